The molecule has 0 aliphatic heterocycles. The van der Waals surface area contributed by atoms with Crippen LogP contribution in [0.1, 0.15) is 26.0 Å². The zero-order valence-corrected chi connectivity index (χ0v) is 13.5. The molecule has 6 heteroatoms. The van der Waals surface area contributed by atoms with Crippen molar-refractivity contribution in [3.05, 3.63) is 42.1 Å². The van der Waals surface area contributed by atoms with Crippen molar-refractivity contribution < 1.29 is 14.4 Å². The van der Waals surface area contributed by atoms with Crippen molar-refractivity contribution in [1.82, 2.24) is 15.8 Å². The van der Waals surface area contributed by atoms with Crippen LogP contribution in [0.4, 0.5) is 4.79 Å². The molecule has 1 heterocycles. The van der Waals surface area contributed by atoms with E-state index in [4.69, 9.17) is 4.52 Å². The maximum atomic E-state index is 11.9. The SMILES string of the molecule is CC(C)CC(CO)NC(=O)NCc1cc(-c2ccccc2)on1. The summed E-state index contributed by atoms with van der Waals surface area (Å²) < 4.78 is 5.28. The van der Waals surface area contributed by atoms with Crippen molar-refractivity contribution in [2.45, 2.75) is 32.9 Å². The van der Waals surface area contributed by atoms with Gasteiger partial charge in [0.1, 0.15) is 5.69 Å². The highest BCUT2D eigenvalue weighted by Gasteiger charge is 2.13. The Balaban J connectivity index is 1.84. The molecule has 124 valence electrons. The lowest BCUT2D eigenvalue weighted by molar-refractivity contribution is 0.206. The molecule has 6 nitrogen and oxygen atoms in total. The van der Waals surface area contributed by atoms with Gasteiger partial charge >= 0.3 is 6.03 Å². The lowest BCUT2D eigenvalue weighted by atomic mass is 10.0. The predicted octanol–water partition coefficient (Wildman–Crippen LogP) is 2.55. The number of hydrogen-bond donors (Lipinski definition) is 3. The number of carbonyl (C=O) groups excluding carboxylic acids is 1. The number of amides is 2. The number of hydrogen-bond acceptors (Lipinski definition) is 4. The van der Waals surface area contributed by atoms with Crippen molar-refractivity contribution in [1.29, 1.82) is 0 Å². The molecule has 23 heavy (non-hydrogen) atoms. The number of aliphatic hydroxyl groups excluding tert-OH is 1. The molecular weight excluding hydrogens is 294 g/mol. The van der Waals surface area contributed by atoms with E-state index in [2.05, 4.69) is 15.8 Å². The van der Waals surface area contributed by atoms with E-state index in [1.165, 1.54) is 0 Å². The quantitative estimate of drug-likeness (QED) is 0.732. The third-order valence-electron chi connectivity index (χ3n) is 3.36. The summed E-state index contributed by atoms with van der Waals surface area (Å²) in [6, 6.07) is 10.9. The molecule has 2 aromatic rings. The average Bonchev–Trinajstić information content (AvgIpc) is 3.01. The molecule has 0 aliphatic rings. The molecule has 1 aromatic carbocycles. The Morgan fingerprint density at radius 1 is 1.30 bits per heavy atom. The van der Waals surface area contributed by atoms with Gasteiger partial charge in [0.25, 0.3) is 0 Å². The van der Waals surface area contributed by atoms with E-state index in [9.17, 15) is 9.90 Å². The Labute approximate surface area is 135 Å². The molecule has 0 radical (unpaired) electrons. The Bertz CT molecular complexity index is 611. The summed E-state index contributed by atoms with van der Waals surface area (Å²) in [5, 5.41) is 18.7. The van der Waals surface area contributed by atoms with E-state index in [0.29, 0.717) is 17.4 Å². The van der Waals surface area contributed by atoms with Crippen LogP contribution in [0.3, 0.4) is 0 Å². The lowest BCUT2D eigenvalue weighted by Crippen LogP contribution is -2.44. The summed E-state index contributed by atoms with van der Waals surface area (Å²) in [6.07, 6.45) is 0.728. The molecular formula is C17H23N3O3. The highest BCUT2D eigenvalue weighted by molar-refractivity contribution is 5.74. The average molecular weight is 317 g/mol. The Morgan fingerprint density at radius 3 is 2.70 bits per heavy atom. The lowest BCUT2D eigenvalue weighted by Gasteiger charge is -2.18. The van der Waals surface area contributed by atoms with Gasteiger partial charge in [0.15, 0.2) is 5.76 Å². The van der Waals surface area contributed by atoms with Crippen LogP contribution in [-0.2, 0) is 6.54 Å². The van der Waals surface area contributed by atoms with Gasteiger partial charge in [-0.05, 0) is 12.3 Å². The number of benzene rings is 1. The van der Waals surface area contributed by atoms with Crippen molar-refractivity contribution in [2.75, 3.05) is 6.61 Å². The predicted molar refractivity (Wildman–Crippen MR) is 87.6 cm³/mol. The third-order valence-corrected chi connectivity index (χ3v) is 3.36. The van der Waals surface area contributed by atoms with Crippen LogP contribution in [0, 0.1) is 5.92 Å². The first-order valence-electron chi connectivity index (χ1n) is 7.74. The molecule has 0 fully saturated rings. The monoisotopic (exact) mass is 317 g/mol. The Morgan fingerprint density at radius 2 is 2.04 bits per heavy atom. The van der Waals surface area contributed by atoms with Crippen LogP contribution in [0.2, 0.25) is 0 Å². The van der Waals surface area contributed by atoms with Crippen molar-refractivity contribution in [3.8, 4) is 11.3 Å². The topological polar surface area (TPSA) is 87.4 Å². The largest absolute Gasteiger partial charge is 0.394 e. The first kappa shape index (κ1) is 17.0. The van der Waals surface area contributed by atoms with E-state index in [1.54, 1.807) is 6.07 Å². The number of nitrogens with one attached hydrogen (secondary N) is 2. The first-order chi connectivity index (χ1) is 11.1. The summed E-state index contributed by atoms with van der Waals surface area (Å²) in [6.45, 7) is 4.28. The van der Waals surface area contributed by atoms with Gasteiger partial charge in [0.2, 0.25) is 0 Å². The van der Waals surface area contributed by atoms with Gasteiger partial charge in [-0.1, -0.05) is 49.3 Å². The first-order valence-corrected chi connectivity index (χ1v) is 7.74. The van der Waals surface area contributed by atoms with Crippen LogP contribution in [0.5, 0.6) is 0 Å². The van der Waals surface area contributed by atoms with E-state index in [1.807, 2.05) is 44.2 Å². The fourth-order valence-corrected chi connectivity index (χ4v) is 2.29. The van der Waals surface area contributed by atoms with E-state index < -0.39 is 0 Å². The van der Waals surface area contributed by atoms with Crippen LogP contribution in [0.25, 0.3) is 11.3 Å². The molecule has 0 saturated carbocycles. The van der Waals surface area contributed by atoms with Crippen LogP contribution >= 0.6 is 0 Å². The molecule has 1 atom stereocenters. The number of aromatic nitrogens is 1. The third kappa shape index (κ3) is 5.41. The van der Waals surface area contributed by atoms with Gasteiger partial charge in [-0.3, -0.25) is 0 Å². The normalized spacial score (nSPS) is 12.2. The second kappa shape index (κ2) is 8.33. The van der Waals surface area contributed by atoms with Gasteiger partial charge in [0.05, 0.1) is 19.2 Å². The van der Waals surface area contributed by atoms with Gasteiger partial charge in [-0.25, -0.2) is 4.79 Å². The van der Waals surface area contributed by atoms with Gasteiger partial charge < -0.3 is 20.3 Å². The minimum atomic E-state index is -0.325. The second-order valence-corrected chi connectivity index (χ2v) is 5.88. The smallest absolute Gasteiger partial charge is 0.315 e. The maximum Gasteiger partial charge on any atom is 0.315 e. The molecule has 0 bridgehead atoms. The van der Waals surface area contributed by atoms with Gasteiger partial charge in [0, 0.05) is 11.6 Å². The van der Waals surface area contributed by atoms with Crippen molar-refractivity contribution in [2.24, 2.45) is 5.92 Å². The fourth-order valence-electron chi connectivity index (χ4n) is 2.29. The summed E-state index contributed by atoms with van der Waals surface area (Å²) in [5.74, 6) is 1.06. The molecule has 1 unspecified atom stereocenters. The van der Waals surface area contributed by atoms with E-state index in [0.717, 1.165) is 12.0 Å². The molecule has 0 spiro atoms. The minimum Gasteiger partial charge on any atom is -0.394 e. The Kier molecular flexibility index (Phi) is 6.17. The minimum absolute atomic E-state index is 0.0757. The molecule has 0 saturated heterocycles. The summed E-state index contributed by atoms with van der Waals surface area (Å²) in [7, 11) is 0. The number of rotatable bonds is 7. The molecule has 3 N–H and O–H groups in total. The van der Waals surface area contributed by atoms with E-state index in [-0.39, 0.29) is 25.2 Å². The molecule has 0 aliphatic carbocycles. The highest BCUT2D eigenvalue weighted by atomic mass is 16.5. The zero-order chi connectivity index (χ0) is 16.7. The second-order valence-electron chi connectivity index (χ2n) is 5.88. The van der Waals surface area contributed by atoms with Crippen molar-refractivity contribution in [3.63, 3.8) is 0 Å². The fraction of sp³-hybridized carbons (Fsp3) is 0.412. The molecule has 2 amide bonds. The van der Waals surface area contributed by atoms with Gasteiger partial charge in [-0.15, -0.1) is 0 Å². The molecule has 1 aromatic heterocycles. The number of urea groups is 1. The van der Waals surface area contributed by atoms with Crippen LogP contribution < -0.4 is 10.6 Å². The Hall–Kier alpha value is -2.34. The van der Waals surface area contributed by atoms with Crippen LogP contribution in [-0.4, -0.2) is 28.9 Å². The number of nitrogens with zero attached hydrogens (tertiary/aromatic N) is 1. The maximum absolute atomic E-state index is 11.9. The number of carbonyl (C=O) groups is 1. The van der Waals surface area contributed by atoms with Crippen LogP contribution in [0.15, 0.2) is 40.9 Å². The summed E-state index contributed by atoms with van der Waals surface area (Å²) in [4.78, 5) is 11.9. The highest BCUT2D eigenvalue weighted by Crippen LogP contribution is 2.19. The summed E-state index contributed by atoms with van der Waals surface area (Å²) in [5.41, 5.74) is 1.58. The zero-order valence-electron chi connectivity index (χ0n) is 13.5. The summed E-state index contributed by atoms with van der Waals surface area (Å²) >= 11 is 0. The number of aliphatic hydroxyl groups is 1. The standard InChI is InChI=1S/C17H23N3O3/c1-12(2)8-15(11-21)19-17(22)18-10-14-9-16(23-20-14)13-6-4-3-5-7-13/h3-7,9,12,15,21H,8,10-11H2,1-2H3,(H2,18,19,22). The molecule has 2 rings (SSSR count). The van der Waals surface area contributed by atoms with Crippen molar-refractivity contribution >= 4 is 6.03 Å². The van der Waals surface area contributed by atoms with E-state index >= 15 is 0 Å². The van der Waals surface area contributed by atoms with Gasteiger partial charge in [-0.2, -0.15) is 0 Å².